The van der Waals surface area contributed by atoms with Crippen molar-refractivity contribution in [2.24, 2.45) is 0 Å². The van der Waals surface area contributed by atoms with Crippen molar-refractivity contribution in [3.8, 4) is 10.7 Å². The molecule has 0 bridgehead atoms. The average molecular weight is 431 g/mol. The van der Waals surface area contributed by atoms with Crippen molar-refractivity contribution in [3.05, 3.63) is 30.0 Å². The molecule has 2 fully saturated rings. The monoisotopic (exact) mass is 430 g/mol. The summed E-state index contributed by atoms with van der Waals surface area (Å²) in [6.07, 6.45) is 4.62. The van der Waals surface area contributed by atoms with Crippen molar-refractivity contribution in [1.82, 2.24) is 25.3 Å². The van der Waals surface area contributed by atoms with Crippen LogP contribution in [0.15, 0.2) is 28.5 Å². The number of nitrogens with zero attached hydrogens (tertiary/aromatic N) is 4. The molecule has 0 unspecified atom stereocenters. The van der Waals surface area contributed by atoms with Crippen LogP contribution in [0.5, 0.6) is 0 Å². The van der Waals surface area contributed by atoms with Gasteiger partial charge in [-0.25, -0.2) is 18.4 Å². The van der Waals surface area contributed by atoms with Gasteiger partial charge < -0.3 is 10.2 Å². The summed E-state index contributed by atoms with van der Waals surface area (Å²) in [4.78, 5) is 12.1. The van der Waals surface area contributed by atoms with Crippen molar-refractivity contribution < 1.29 is 8.42 Å². The van der Waals surface area contributed by atoms with E-state index in [4.69, 9.17) is 5.14 Å². The highest BCUT2D eigenvalue weighted by Gasteiger charge is 2.26. The first-order valence-corrected chi connectivity index (χ1v) is 11.8. The number of aromatic nitrogens is 4. The molecule has 1 saturated carbocycles. The minimum atomic E-state index is -4.00. The first kappa shape index (κ1) is 18.5. The van der Waals surface area contributed by atoms with E-state index in [2.05, 4.69) is 30.4 Å². The van der Waals surface area contributed by atoms with Crippen LogP contribution in [0.4, 0.5) is 17.5 Å². The second-order valence-electron chi connectivity index (χ2n) is 7.36. The summed E-state index contributed by atoms with van der Waals surface area (Å²) in [6, 6.07) is 6.98. The summed E-state index contributed by atoms with van der Waals surface area (Å²) in [7, 11) is -4.00. The van der Waals surface area contributed by atoms with Gasteiger partial charge in [0.05, 0.1) is 4.88 Å². The number of nitrogens with one attached hydrogen (secondary N) is 3. The number of sulfonamides is 1. The van der Waals surface area contributed by atoms with Crippen LogP contribution < -0.4 is 15.4 Å². The quantitative estimate of drug-likeness (QED) is 0.615. The number of rotatable bonds is 6. The zero-order valence-corrected chi connectivity index (χ0v) is 17.2. The normalized spacial score (nSPS) is 17.1. The fourth-order valence-electron chi connectivity index (χ4n) is 3.44. The predicted molar refractivity (Wildman–Crippen MR) is 111 cm³/mol. The summed E-state index contributed by atoms with van der Waals surface area (Å²) in [5.41, 5.74) is 1.13. The van der Waals surface area contributed by atoms with Gasteiger partial charge in [-0.05, 0) is 37.8 Å². The molecule has 29 heavy (non-hydrogen) atoms. The largest absolute Gasteiger partial charge is 0.356 e. The molecule has 3 aromatic heterocycles. The summed E-state index contributed by atoms with van der Waals surface area (Å²) >= 11 is 1.01. The maximum absolute atomic E-state index is 11.5. The molecular weight excluding hydrogens is 410 g/mol. The molecule has 3 N–H and O–H groups in total. The smallest absolute Gasteiger partial charge is 0.263 e. The molecule has 9 nitrogen and oxygen atoms in total. The first-order chi connectivity index (χ1) is 14.0. The predicted octanol–water partition coefficient (Wildman–Crippen LogP) is 3.12. The fourth-order valence-corrected chi connectivity index (χ4v) is 5.06. The van der Waals surface area contributed by atoms with E-state index in [0.717, 1.165) is 48.8 Å². The number of aromatic amines is 1. The molecule has 1 radical (unpaired) electrons. The number of thiophene rings is 1. The Morgan fingerprint density at radius 1 is 1.14 bits per heavy atom. The zero-order valence-electron chi connectivity index (χ0n) is 15.6. The molecular formula is C18H20N7O2S2. The molecule has 0 aromatic carbocycles. The van der Waals surface area contributed by atoms with Crippen molar-refractivity contribution in [2.45, 2.75) is 35.8 Å². The number of H-pyrrole nitrogens is 1. The van der Waals surface area contributed by atoms with Gasteiger partial charge in [-0.3, -0.25) is 5.10 Å². The molecule has 1 aliphatic carbocycles. The Morgan fingerprint density at radius 3 is 2.62 bits per heavy atom. The number of hydrogen-bond donors (Lipinski definition) is 2. The van der Waals surface area contributed by atoms with E-state index in [1.807, 2.05) is 12.1 Å². The van der Waals surface area contributed by atoms with Gasteiger partial charge in [0.15, 0.2) is 11.6 Å². The highest BCUT2D eigenvalue weighted by atomic mass is 32.2. The lowest BCUT2D eigenvalue weighted by atomic mass is 10.3. The van der Waals surface area contributed by atoms with E-state index >= 15 is 0 Å². The van der Waals surface area contributed by atoms with Crippen LogP contribution >= 0.6 is 11.3 Å². The van der Waals surface area contributed by atoms with Crippen LogP contribution in [0.25, 0.3) is 10.7 Å². The molecule has 5 rings (SSSR count). The Kier molecular flexibility index (Phi) is 4.52. The Morgan fingerprint density at radius 2 is 1.93 bits per heavy atom. The van der Waals surface area contributed by atoms with Gasteiger partial charge in [-0.1, -0.05) is 0 Å². The van der Waals surface area contributed by atoms with E-state index in [-0.39, 0.29) is 4.21 Å². The Balaban J connectivity index is 1.50. The second-order valence-corrected chi connectivity index (χ2v) is 10.1. The molecule has 1 aliphatic heterocycles. The maximum Gasteiger partial charge on any atom is 0.263 e. The van der Waals surface area contributed by atoms with E-state index in [0.29, 0.717) is 28.3 Å². The molecule has 151 valence electrons. The van der Waals surface area contributed by atoms with Gasteiger partial charge in [0.2, 0.25) is 0 Å². The first-order valence-electron chi connectivity index (χ1n) is 9.52. The van der Waals surface area contributed by atoms with Crippen LogP contribution in [0.1, 0.15) is 37.3 Å². The molecule has 1 saturated heterocycles. The lowest BCUT2D eigenvalue weighted by molar-refractivity contribution is 0.598. The van der Waals surface area contributed by atoms with Gasteiger partial charge in [0.25, 0.3) is 10.0 Å². The maximum atomic E-state index is 11.5. The highest BCUT2D eigenvalue weighted by Crippen LogP contribution is 2.40. The molecule has 2 aliphatic rings. The average Bonchev–Trinajstić information content (AvgIpc) is 3.11. The minimum absolute atomic E-state index is 0.0152. The van der Waals surface area contributed by atoms with Crippen molar-refractivity contribution in [1.29, 1.82) is 0 Å². The third-order valence-corrected chi connectivity index (χ3v) is 7.53. The van der Waals surface area contributed by atoms with E-state index < -0.39 is 10.0 Å². The van der Waals surface area contributed by atoms with Crippen LogP contribution in [0.2, 0.25) is 0 Å². The summed E-state index contributed by atoms with van der Waals surface area (Å²) in [5, 5.41) is 17.9. The van der Waals surface area contributed by atoms with Gasteiger partial charge in [0, 0.05) is 36.8 Å². The van der Waals surface area contributed by atoms with Gasteiger partial charge in [-0.15, -0.1) is 16.5 Å². The SMILES string of the molecule is [NH]S(=O)(=O)c1ccc(-c2nc(Nc3cc(C4CC4)[nH]n3)cc(N3CCCC3)n2)s1. The van der Waals surface area contributed by atoms with Crippen molar-refractivity contribution in [3.63, 3.8) is 0 Å². The molecule has 3 aromatic rings. The Hall–Kier alpha value is -2.50. The topological polar surface area (TPSA) is 128 Å². The van der Waals surface area contributed by atoms with Gasteiger partial charge >= 0.3 is 0 Å². The van der Waals surface area contributed by atoms with Crippen molar-refractivity contribution in [2.75, 3.05) is 23.3 Å². The molecule has 0 amide bonds. The highest BCUT2D eigenvalue weighted by molar-refractivity contribution is 7.91. The second kappa shape index (κ2) is 7.08. The van der Waals surface area contributed by atoms with E-state index in [1.165, 1.54) is 18.9 Å². The van der Waals surface area contributed by atoms with Crippen molar-refractivity contribution >= 4 is 38.8 Å². The zero-order chi connectivity index (χ0) is 20.0. The summed E-state index contributed by atoms with van der Waals surface area (Å²) in [5.74, 6) is 3.13. The Bertz CT molecular complexity index is 1140. The lowest BCUT2D eigenvalue weighted by Gasteiger charge is -2.18. The summed E-state index contributed by atoms with van der Waals surface area (Å²) < 4.78 is 23.0. The standard InChI is InChI=1S/C18H20N7O2S2/c19-29(26,27)17-6-5-13(28-17)18-21-14(10-16(22-18)25-7-1-2-8-25)20-15-9-12(23-24-15)11-3-4-11/h5-6,9-11,19H,1-4,7-8H2,(H2,20,21,22,23,24). The molecule has 0 spiro atoms. The van der Waals surface area contributed by atoms with Crippen LogP contribution in [-0.2, 0) is 10.0 Å². The molecule has 0 atom stereocenters. The van der Waals surface area contributed by atoms with Gasteiger partial charge in [-0.2, -0.15) is 5.10 Å². The Labute approximate surface area is 172 Å². The van der Waals surface area contributed by atoms with E-state index in [1.54, 1.807) is 6.07 Å². The summed E-state index contributed by atoms with van der Waals surface area (Å²) in [6.45, 7) is 1.86. The van der Waals surface area contributed by atoms with Crippen LogP contribution in [0.3, 0.4) is 0 Å². The van der Waals surface area contributed by atoms with Gasteiger partial charge in [0.1, 0.15) is 15.8 Å². The third-order valence-electron chi connectivity index (χ3n) is 5.08. The lowest BCUT2D eigenvalue weighted by Crippen LogP contribution is -2.19. The fraction of sp³-hybridized carbons (Fsp3) is 0.389. The molecule has 11 heteroatoms. The molecule has 4 heterocycles. The number of hydrogen-bond acceptors (Lipinski definition) is 8. The minimum Gasteiger partial charge on any atom is -0.356 e. The van der Waals surface area contributed by atoms with E-state index in [9.17, 15) is 8.42 Å². The van der Waals surface area contributed by atoms with Crippen LogP contribution in [0, 0.1) is 0 Å². The third kappa shape index (κ3) is 3.98. The van der Waals surface area contributed by atoms with Crippen LogP contribution in [-0.4, -0.2) is 41.7 Å². The number of anilines is 3.